The summed E-state index contributed by atoms with van der Waals surface area (Å²) in [5.74, 6) is 0. The molecule has 1 aliphatic rings. The second kappa shape index (κ2) is 8.76. The molecule has 1 fully saturated rings. The quantitative estimate of drug-likeness (QED) is 0.681. The molecule has 2 aromatic carbocycles. The Bertz CT molecular complexity index is 609. The molecule has 0 N–H and O–H groups in total. The maximum Gasteiger partial charge on any atom is 0.0402 e. The number of aryl methyl sites for hydroxylation is 2. The Hall–Kier alpha value is -1.76. The molecule has 124 valence electrons. The lowest BCUT2D eigenvalue weighted by Gasteiger charge is -2.30. The Morgan fingerprint density at radius 3 is 2.22 bits per heavy atom. The van der Waals surface area contributed by atoms with Crippen molar-refractivity contribution in [3.05, 3.63) is 64.7 Å². The zero-order valence-corrected chi connectivity index (χ0v) is 15.2. The van der Waals surface area contributed by atoms with E-state index in [-0.39, 0.29) is 0 Å². The second-order valence-corrected chi connectivity index (χ2v) is 6.28. The van der Waals surface area contributed by atoms with Gasteiger partial charge in [0.15, 0.2) is 0 Å². The molecule has 2 aromatic rings. The lowest BCUT2D eigenvalue weighted by molar-refractivity contribution is 0.576. The van der Waals surface area contributed by atoms with Gasteiger partial charge in [-0.25, -0.2) is 0 Å². The van der Waals surface area contributed by atoms with Crippen LogP contribution in [0.5, 0.6) is 0 Å². The van der Waals surface area contributed by atoms with Crippen LogP contribution in [0.25, 0.3) is 0 Å². The molecule has 0 aromatic heterocycles. The van der Waals surface area contributed by atoms with E-state index in [4.69, 9.17) is 0 Å². The van der Waals surface area contributed by atoms with Gasteiger partial charge in [0.2, 0.25) is 0 Å². The molecule has 0 spiro atoms. The first kappa shape index (κ1) is 17.6. The number of rotatable bonds is 3. The van der Waals surface area contributed by atoms with Crippen LogP contribution in [0.4, 0.5) is 5.69 Å². The smallest absolute Gasteiger partial charge is 0.0402 e. The summed E-state index contributed by atoms with van der Waals surface area (Å²) in [4.78, 5) is 2.57. The molecule has 1 nitrogen and oxygen atoms in total. The fraction of sp³-hybridized carbons (Fsp3) is 0.455. The number of hydrogen-bond acceptors (Lipinski definition) is 1. The van der Waals surface area contributed by atoms with Gasteiger partial charge in [0.25, 0.3) is 0 Å². The SMILES string of the molecule is CC.Cc1ccc(Cc2ccccc2N2CCCCC2)c(C)c1. The van der Waals surface area contributed by atoms with Gasteiger partial charge in [-0.05, 0) is 62.3 Å². The zero-order valence-electron chi connectivity index (χ0n) is 15.2. The Kier molecular flexibility index (Phi) is 6.70. The van der Waals surface area contributed by atoms with Crippen molar-refractivity contribution < 1.29 is 0 Å². The topological polar surface area (TPSA) is 3.24 Å². The van der Waals surface area contributed by atoms with Gasteiger partial charge in [0, 0.05) is 18.8 Å². The monoisotopic (exact) mass is 309 g/mol. The van der Waals surface area contributed by atoms with E-state index in [2.05, 4.69) is 61.2 Å². The van der Waals surface area contributed by atoms with E-state index in [0.29, 0.717) is 0 Å². The molecule has 0 atom stereocenters. The fourth-order valence-corrected chi connectivity index (χ4v) is 3.35. The third kappa shape index (κ3) is 4.60. The van der Waals surface area contributed by atoms with Crippen molar-refractivity contribution in [2.75, 3.05) is 18.0 Å². The summed E-state index contributed by atoms with van der Waals surface area (Å²) < 4.78 is 0. The fourth-order valence-electron chi connectivity index (χ4n) is 3.35. The molecule has 0 aliphatic carbocycles. The predicted molar refractivity (Wildman–Crippen MR) is 103 cm³/mol. The van der Waals surface area contributed by atoms with E-state index < -0.39 is 0 Å². The molecule has 0 unspecified atom stereocenters. The number of anilines is 1. The number of benzene rings is 2. The average Bonchev–Trinajstić information content (AvgIpc) is 2.60. The first-order valence-electron chi connectivity index (χ1n) is 9.13. The van der Waals surface area contributed by atoms with Crippen LogP contribution in [-0.4, -0.2) is 13.1 Å². The van der Waals surface area contributed by atoms with Crippen LogP contribution >= 0.6 is 0 Å². The zero-order chi connectivity index (χ0) is 16.7. The normalized spacial score (nSPS) is 14.2. The third-order valence-corrected chi connectivity index (χ3v) is 4.57. The average molecular weight is 309 g/mol. The molecule has 0 saturated carbocycles. The molecule has 0 amide bonds. The third-order valence-electron chi connectivity index (χ3n) is 4.57. The van der Waals surface area contributed by atoms with Crippen LogP contribution < -0.4 is 4.90 Å². The highest BCUT2D eigenvalue weighted by Crippen LogP contribution is 2.27. The first-order chi connectivity index (χ1) is 11.2. The number of piperidine rings is 1. The molecule has 1 saturated heterocycles. The second-order valence-electron chi connectivity index (χ2n) is 6.28. The highest BCUT2D eigenvalue weighted by molar-refractivity contribution is 5.55. The summed E-state index contributed by atoms with van der Waals surface area (Å²) in [7, 11) is 0. The lowest BCUT2D eigenvalue weighted by Crippen LogP contribution is -2.30. The molecular formula is C22H31N. The maximum absolute atomic E-state index is 2.57. The Balaban J connectivity index is 0.000000924. The Morgan fingerprint density at radius 2 is 1.52 bits per heavy atom. The van der Waals surface area contributed by atoms with E-state index in [1.807, 2.05) is 13.8 Å². The Labute approximate surface area is 142 Å². The molecule has 23 heavy (non-hydrogen) atoms. The van der Waals surface area contributed by atoms with Gasteiger partial charge < -0.3 is 4.90 Å². The standard InChI is InChI=1S/C20H25N.C2H6/c1-16-10-11-18(17(2)14-16)15-19-8-4-5-9-20(19)21-12-6-3-7-13-21;1-2/h4-5,8-11,14H,3,6-7,12-13,15H2,1-2H3;1-2H3. The van der Waals surface area contributed by atoms with Crippen molar-refractivity contribution >= 4 is 5.69 Å². The summed E-state index contributed by atoms with van der Waals surface area (Å²) in [5, 5.41) is 0. The van der Waals surface area contributed by atoms with Crippen molar-refractivity contribution in [2.45, 2.75) is 53.4 Å². The van der Waals surface area contributed by atoms with Crippen LogP contribution in [0.1, 0.15) is 55.4 Å². The van der Waals surface area contributed by atoms with Crippen molar-refractivity contribution in [2.24, 2.45) is 0 Å². The van der Waals surface area contributed by atoms with Crippen LogP contribution in [0, 0.1) is 13.8 Å². The van der Waals surface area contributed by atoms with Gasteiger partial charge in [-0.3, -0.25) is 0 Å². The van der Waals surface area contributed by atoms with E-state index in [1.165, 1.54) is 60.3 Å². The Morgan fingerprint density at radius 1 is 0.826 bits per heavy atom. The van der Waals surface area contributed by atoms with Crippen LogP contribution in [0.15, 0.2) is 42.5 Å². The highest BCUT2D eigenvalue weighted by Gasteiger charge is 2.14. The number of para-hydroxylation sites is 1. The molecule has 1 heteroatoms. The minimum atomic E-state index is 1.04. The first-order valence-corrected chi connectivity index (χ1v) is 9.13. The van der Waals surface area contributed by atoms with Crippen LogP contribution in [0.2, 0.25) is 0 Å². The highest BCUT2D eigenvalue weighted by atomic mass is 15.1. The summed E-state index contributed by atoms with van der Waals surface area (Å²) in [5.41, 5.74) is 7.11. The van der Waals surface area contributed by atoms with Gasteiger partial charge in [-0.1, -0.05) is 55.8 Å². The molecule has 0 bridgehead atoms. The number of nitrogens with zero attached hydrogens (tertiary/aromatic N) is 1. The van der Waals surface area contributed by atoms with Gasteiger partial charge in [0.05, 0.1) is 0 Å². The summed E-state index contributed by atoms with van der Waals surface area (Å²) in [6, 6.07) is 15.7. The van der Waals surface area contributed by atoms with E-state index in [9.17, 15) is 0 Å². The minimum absolute atomic E-state index is 1.04. The summed E-state index contributed by atoms with van der Waals surface area (Å²) in [6.45, 7) is 10.8. The van der Waals surface area contributed by atoms with Crippen molar-refractivity contribution in [3.63, 3.8) is 0 Å². The minimum Gasteiger partial charge on any atom is -0.371 e. The van der Waals surface area contributed by atoms with Gasteiger partial charge in [0.1, 0.15) is 0 Å². The van der Waals surface area contributed by atoms with Gasteiger partial charge in [-0.15, -0.1) is 0 Å². The van der Waals surface area contributed by atoms with Crippen LogP contribution in [0.3, 0.4) is 0 Å². The largest absolute Gasteiger partial charge is 0.371 e. The number of hydrogen-bond donors (Lipinski definition) is 0. The van der Waals surface area contributed by atoms with Crippen molar-refractivity contribution in [3.8, 4) is 0 Å². The van der Waals surface area contributed by atoms with E-state index in [1.54, 1.807) is 0 Å². The molecule has 3 rings (SSSR count). The maximum atomic E-state index is 2.57. The van der Waals surface area contributed by atoms with Gasteiger partial charge in [-0.2, -0.15) is 0 Å². The summed E-state index contributed by atoms with van der Waals surface area (Å²) in [6.07, 6.45) is 5.09. The molecular weight excluding hydrogens is 278 g/mol. The van der Waals surface area contributed by atoms with E-state index in [0.717, 1.165) is 6.42 Å². The van der Waals surface area contributed by atoms with Crippen molar-refractivity contribution in [1.29, 1.82) is 0 Å². The van der Waals surface area contributed by atoms with Crippen molar-refractivity contribution in [1.82, 2.24) is 0 Å². The van der Waals surface area contributed by atoms with Crippen LogP contribution in [-0.2, 0) is 6.42 Å². The summed E-state index contributed by atoms with van der Waals surface area (Å²) >= 11 is 0. The molecule has 0 radical (unpaired) electrons. The molecule has 1 heterocycles. The van der Waals surface area contributed by atoms with Gasteiger partial charge >= 0.3 is 0 Å². The molecule has 1 aliphatic heterocycles. The lowest BCUT2D eigenvalue weighted by atomic mass is 9.97. The van der Waals surface area contributed by atoms with E-state index >= 15 is 0 Å². The predicted octanol–water partition coefficient (Wildman–Crippen LogP) is 5.91.